The minimum atomic E-state index is -0.679. The standard InChI is InChI=1S/C32H35N5O6S2/c1-6-42-30(40)25-20(4)26(31(41)43-7-2)45-29(25)34-27(38)21(5)44-32-36-35-24(37(32)18-22-13-9-8-10-14-22)17-33-28(39)23-15-11-12-19(3)16-23/h8-16,21H,6-7,17-18H2,1-5H3,(H,33,39)(H,34,38)/t21-/m0/s1. The van der Waals surface area contributed by atoms with Crippen LogP contribution in [0.4, 0.5) is 5.00 Å². The van der Waals surface area contributed by atoms with Gasteiger partial charge in [-0.05, 0) is 57.9 Å². The highest BCUT2D eigenvalue weighted by Crippen LogP contribution is 2.35. The van der Waals surface area contributed by atoms with Gasteiger partial charge in [-0.15, -0.1) is 21.5 Å². The maximum atomic E-state index is 13.4. The summed E-state index contributed by atoms with van der Waals surface area (Å²) in [6, 6.07) is 17.0. The van der Waals surface area contributed by atoms with Crippen molar-refractivity contribution in [2.75, 3.05) is 18.5 Å². The van der Waals surface area contributed by atoms with Crippen LogP contribution in [-0.4, -0.2) is 57.0 Å². The van der Waals surface area contributed by atoms with Gasteiger partial charge in [-0.25, -0.2) is 9.59 Å². The molecule has 2 N–H and O–H groups in total. The number of anilines is 1. The molecule has 0 radical (unpaired) electrons. The van der Waals surface area contributed by atoms with Crippen molar-refractivity contribution in [1.82, 2.24) is 20.1 Å². The van der Waals surface area contributed by atoms with Crippen molar-refractivity contribution in [2.24, 2.45) is 0 Å². The molecule has 0 fully saturated rings. The molecule has 1 atom stereocenters. The molecule has 2 amide bonds. The summed E-state index contributed by atoms with van der Waals surface area (Å²) in [6.07, 6.45) is 0. The van der Waals surface area contributed by atoms with Crippen LogP contribution in [0.3, 0.4) is 0 Å². The molecular formula is C32H35N5O6S2. The van der Waals surface area contributed by atoms with Crippen LogP contribution in [0.15, 0.2) is 59.8 Å². The van der Waals surface area contributed by atoms with Gasteiger partial charge in [0, 0.05) is 5.56 Å². The maximum absolute atomic E-state index is 13.4. The first-order chi connectivity index (χ1) is 21.6. The normalized spacial score (nSPS) is 11.5. The van der Waals surface area contributed by atoms with Crippen LogP contribution >= 0.6 is 23.1 Å². The number of hydrogen-bond acceptors (Lipinski definition) is 10. The smallest absolute Gasteiger partial charge is 0.348 e. The second kappa shape index (κ2) is 15.5. The van der Waals surface area contributed by atoms with E-state index in [4.69, 9.17) is 9.47 Å². The monoisotopic (exact) mass is 649 g/mol. The first-order valence-corrected chi connectivity index (χ1v) is 16.1. The van der Waals surface area contributed by atoms with Gasteiger partial charge in [0.15, 0.2) is 11.0 Å². The lowest BCUT2D eigenvalue weighted by Gasteiger charge is -2.14. The van der Waals surface area contributed by atoms with Gasteiger partial charge in [-0.1, -0.05) is 59.8 Å². The minimum Gasteiger partial charge on any atom is -0.462 e. The number of esters is 2. The van der Waals surface area contributed by atoms with E-state index < -0.39 is 23.1 Å². The highest BCUT2D eigenvalue weighted by atomic mass is 32.2. The third-order valence-electron chi connectivity index (χ3n) is 6.64. The molecule has 0 bridgehead atoms. The van der Waals surface area contributed by atoms with Crippen LogP contribution in [0.5, 0.6) is 0 Å². The molecule has 0 unspecified atom stereocenters. The summed E-state index contributed by atoms with van der Waals surface area (Å²) in [4.78, 5) is 51.8. The first-order valence-electron chi connectivity index (χ1n) is 14.4. The Morgan fingerprint density at radius 3 is 2.36 bits per heavy atom. The van der Waals surface area contributed by atoms with Gasteiger partial charge in [-0.2, -0.15) is 0 Å². The van der Waals surface area contributed by atoms with Gasteiger partial charge in [0.05, 0.1) is 37.1 Å². The molecule has 0 aliphatic rings. The first kappa shape index (κ1) is 33.4. The van der Waals surface area contributed by atoms with E-state index in [1.807, 2.05) is 60.0 Å². The Labute approximate surface area is 269 Å². The van der Waals surface area contributed by atoms with Crippen LogP contribution in [0.2, 0.25) is 0 Å². The SMILES string of the molecule is CCOC(=O)c1sc(NC(=O)[C@H](C)Sc2nnc(CNC(=O)c3cccc(C)c3)n2Cc2ccccc2)c(C(=O)OCC)c1C. The van der Waals surface area contributed by atoms with E-state index in [0.717, 1.165) is 22.5 Å². The van der Waals surface area contributed by atoms with Crippen molar-refractivity contribution in [3.8, 4) is 0 Å². The number of amides is 2. The number of nitrogens with one attached hydrogen (secondary N) is 2. The zero-order valence-corrected chi connectivity index (χ0v) is 27.3. The molecular weight excluding hydrogens is 615 g/mol. The molecule has 0 saturated heterocycles. The molecule has 4 aromatic rings. The fraction of sp³-hybridized carbons (Fsp3) is 0.312. The summed E-state index contributed by atoms with van der Waals surface area (Å²) < 4.78 is 12.2. The summed E-state index contributed by atoms with van der Waals surface area (Å²) in [5, 5.41) is 14.4. The number of nitrogens with zero attached hydrogens (tertiary/aromatic N) is 3. The van der Waals surface area contributed by atoms with Crippen LogP contribution in [0.25, 0.3) is 0 Å². The summed E-state index contributed by atoms with van der Waals surface area (Å²) >= 11 is 2.15. The van der Waals surface area contributed by atoms with E-state index >= 15 is 0 Å². The Hall–Kier alpha value is -4.49. The van der Waals surface area contributed by atoms with Gasteiger partial charge < -0.3 is 24.7 Å². The molecule has 0 saturated carbocycles. The van der Waals surface area contributed by atoms with Gasteiger partial charge in [0.2, 0.25) is 5.91 Å². The van der Waals surface area contributed by atoms with Crippen molar-refractivity contribution in [3.05, 3.63) is 93.1 Å². The number of rotatable bonds is 13. The van der Waals surface area contributed by atoms with Crippen molar-refractivity contribution in [2.45, 2.75) is 58.1 Å². The minimum absolute atomic E-state index is 0.120. The number of benzene rings is 2. The second-order valence-corrected chi connectivity index (χ2v) is 12.3. The van der Waals surface area contributed by atoms with Crippen LogP contribution in [0.1, 0.15) is 73.7 Å². The molecule has 2 aromatic heterocycles. The summed E-state index contributed by atoms with van der Waals surface area (Å²) in [5.41, 5.74) is 3.01. The third kappa shape index (κ3) is 8.37. The fourth-order valence-corrected chi connectivity index (χ4v) is 6.34. The average molecular weight is 650 g/mol. The molecule has 2 heterocycles. The molecule has 0 spiro atoms. The van der Waals surface area contributed by atoms with Crippen molar-refractivity contribution < 1.29 is 28.7 Å². The topological polar surface area (TPSA) is 142 Å². The molecule has 0 aliphatic heterocycles. The predicted molar refractivity (Wildman–Crippen MR) is 173 cm³/mol. The lowest BCUT2D eigenvalue weighted by molar-refractivity contribution is -0.115. The van der Waals surface area contributed by atoms with E-state index in [0.29, 0.717) is 28.7 Å². The molecule has 13 heteroatoms. The van der Waals surface area contributed by atoms with E-state index in [2.05, 4.69) is 20.8 Å². The van der Waals surface area contributed by atoms with E-state index in [1.54, 1.807) is 33.8 Å². The number of aromatic nitrogens is 3. The maximum Gasteiger partial charge on any atom is 0.348 e. The quantitative estimate of drug-likeness (QED) is 0.144. The van der Waals surface area contributed by atoms with Crippen molar-refractivity contribution >= 4 is 51.9 Å². The average Bonchev–Trinajstić information content (AvgIpc) is 3.55. The highest BCUT2D eigenvalue weighted by molar-refractivity contribution is 8.00. The van der Waals surface area contributed by atoms with Crippen LogP contribution in [0, 0.1) is 13.8 Å². The fourth-order valence-electron chi connectivity index (χ4n) is 4.38. The second-order valence-electron chi connectivity index (χ2n) is 9.97. The number of hydrogen-bond donors (Lipinski definition) is 2. The lowest BCUT2D eigenvalue weighted by atomic mass is 10.1. The van der Waals surface area contributed by atoms with Crippen LogP contribution < -0.4 is 10.6 Å². The van der Waals surface area contributed by atoms with E-state index in [-0.39, 0.29) is 41.1 Å². The van der Waals surface area contributed by atoms with Crippen molar-refractivity contribution in [1.29, 1.82) is 0 Å². The van der Waals surface area contributed by atoms with Gasteiger partial charge in [-0.3, -0.25) is 9.59 Å². The number of carbonyl (C=O) groups is 4. The number of aryl methyl sites for hydroxylation is 1. The largest absolute Gasteiger partial charge is 0.462 e. The Balaban J connectivity index is 1.55. The highest BCUT2D eigenvalue weighted by Gasteiger charge is 2.29. The molecule has 2 aromatic carbocycles. The lowest BCUT2D eigenvalue weighted by Crippen LogP contribution is -2.25. The molecule has 4 rings (SSSR count). The van der Waals surface area contributed by atoms with Crippen molar-refractivity contribution in [3.63, 3.8) is 0 Å². The van der Waals surface area contributed by atoms with Gasteiger partial charge in [0.1, 0.15) is 9.88 Å². The molecule has 0 aliphatic carbocycles. The summed E-state index contributed by atoms with van der Waals surface area (Å²) in [6.45, 7) is 9.46. The third-order valence-corrected chi connectivity index (χ3v) is 8.91. The Morgan fingerprint density at radius 1 is 0.956 bits per heavy atom. The Kier molecular flexibility index (Phi) is 11.5. The molecule has 11 nitrogen and oxygen atoms in total. The summed E-state index contributed by atoms with van der Waals surface area (Å²) in [7, 11) is 0. The number of thioether (sulfide) groups is 1. The van der Waals surface area contributed by atoms with Gasteiger partial charge in [0.25, 0.3) is 5.91 Å². The number of thiophene rings is 1. The molecule has 45 heavy (non-hydrogen) atoms. The zero-order chi connectivity index (χ0) is 32.5. The summed E-state index contributed by atoms with van der Waals surface area (Å²) in [5.74, 6) is -1.35. The van der Waals surface area contributed by atoms with E-state index in [9.17, 15) is 19.2 Å². The Morgan fingerprint density at radius 2 is 1.67 bits per heavy atom. The van der Waals surface area contributed by atoms with Crippen LogP contribution in [-0.2, 0) is 27.4 Å². The van der Waals surface area contributed by atoms with Gasteiger partial charge >= 0.3 is 11.9 Å². The number of carbonyl (C=O) groups excluding carboxylic acids is 4. The predicted octanol–water partition coefficient (Wildman–Crippen LogP) is 5.41. The molecule has 236 valence electrons. The zero-order valence-electron chi connectivity index (χ0n) is 25.7. The Bertz CT molecular complexity index is 1680. The number of ether oxygens (including phenoxy) is 2. The van der Waals surface area contributed by atoms with E-state index in [1.165, 1.54) is 11.8 Å².